The Morgan fingerprint density at radius 3 is 2.10 bits per heavy atom. The van der Waals surface area contributed by atoms with Crippen molar-refractivity contribution in [2.45, 2.75) is 31.1 Å². The summed E-state index contributed by atoms with van der Waals surface area (Å²) < 4.78 is 37.9. The summed E-state index contributed by atoms with van der Waals surface area (Å²) in [5, 5.41) is 2.82. The molecule has 1 saturated heterocycles. The van der Waals surface area contributed by atoms with Gasteiger partial charge in [-0.3, -0.25) is 9.59 Å². The minimum absolute atomic E-state index is 0. The van der Waals surface area contributed by atoms with E-state index in [0.717, 1.165) is 29.8 Å². The summed E-state index contributed by atoms with van der Waals surface area (Å²) in [6.07, 6.45) is -3.33. The second-order valence-corrected chi connectivity index (χ2v) is 7.04. The number of amides is 2. The molecule has 0 aliphatic carbocycles. The van der Waals surface area contributed by atoms with Crippen LogP contribution in [0.1, 0.15) is 40.4 Å². The number of piperidine rings is 1. The first-order valence-electron chi connectivity index (χ1n) is 9.33. The zero-order chi connectivity index (χ0) is 21.0. The van der Waals surface area contributed by atoms with Gasteiger partial charge in [-0.2, -0.15) is 13.2 Å². The third kappa shape index (κ3) is 5.73. The Hall–Kier alpha value is -2.58. The van der Waals surface area contributed by atoms with E-state index in [1.165, 1.54) is 0 Å². The van der Waals surface area contributed by atoms with Gasteiger partial charge in [0.2, 0.25) is 5.91 Å². The van der Waals surface area contributed by atoms with E-state index in [-0.39, 0.29) is 29.9 Å². The van der Waals surface area contributed by atoms with Crippen molar-refractivity contribution in [1.82, 2.24) is 10.2 Å². The van der Waals surface area contributed by atoms with Crippen molar-refractivity contribution in [1.29, 1.82) is 0 Å². The molecule has 1 atom stereocenters. The second-order valence-electron chi connectivity index (χ2n) is 7.04. The summed E-state index contributed by atoms with van der Waals surface area (Å²) in [5.74, 6) is -0.590. The number of nitrogens with zero attached hydrogens (tertiary/aromatic N) is 1. The van der Waals surface area contributed by atoms with Gasteiger partial charge >= 0.3 is 6.18 Å². The molecule has 3 N–H and O–H groups in total. The summed E-state index contributed by atoms with van der Waals surface area (Å²) in [6.45, 7) is 0.911. The van der Waals surface area contributed by atoms with Crippen LogP contribution in [0.2, 0.25) is 0 Å². The lowest BCUT2D eigenvalue weighted by Crippen LogP contribution is -2.48. The number of likely N-dealkylation sites (tertiary alicyclic amines) is 1. The number of nitrogens with one attached hydrogen (secondary N) is 1. The van der Waals surface area contributed by atoms with E-state index in [0.29, 0.717) is 25.9 Å². The molecule has 9 heteroatoms. The van der Waals surface area contributed by atoms with Crippen LogP contribution in [0.25, 0.3) is 0 Å². The van der Waals surface area contributed by atoms with Crippen LogP contribution in [-0.2, 0) is 11.0 Å². The number of carbonyl (C=O) groups is 2. The quantitative estimate of drug-likeness (QED) is 0.762. The van der Waals surface area contributed by atoms with Gasteiger partial charge in [-0.05, 0) is 42.7 Å². The Morgan fingerprint density at radius 2 is 1.57 bits per heavy atom. The molecule has 3 rings (SSSR count). The van der Waals surface area contributed by atoms with Gasteiger partial charge < -0.3 is 16.0 Å². The van der Waals surface area contributed by atoms with Gasteiger partial charge in [0.25, 0.3) is 5.91 Å². The molecule has 2 amide bonds. The molecular weight excluding hydrogens is 419 g/mol. The lowest BCUT2D eigenvalue weighted by atomic mass is 10.0. The molecular formula is C21H23ClF3N3O2. The van der Waals surface area contributed by atoms with Crippen LogP contribution in [0.5, 0.6) is 0 Å². The summed E-state index contributed by atoms with van der Waals surface area (Å²) in [5.41, 5.74) is 6.18. The van der Waals surface area contributed by atoms with Crippen LogP contribution >= 0.6 is 12.4 Å². The predicted octanol–water partition coefficient (Wildman–Crippen LogP) is 3.55. The van der Waals surface area contributed by atoms with Crippen LogP contribution in [-0.4, -0.2) is 35.8 Å². The molecule has 2 aromatic carbocycles. The normalized spacial score (nSPS) is 15.8. The number of nitrogens with two attached hydrogens (primary N) is 1. The number of benzene rings is 2. The van der Waals surface area contributed by atoms with Crippen molar-refractivity contribution in [3.63, 3.8) is 0 Å². The maximum atomic E-state index is 12.6. The monoisotopic (exact) mass is 441 g/mol. The topological polar surface area (TPSA) is 75.4 Å². The van der Waals surface area contributed by atoms with Gasteiger partial charge in [-0.1, -0.05) is 30.3 Å². The SMILES string of the molecule is Cl.NC(C(=O)N1CCC(NC(=O)c2ccc(C(F)(F)F)cc2)CC1)c1ccccc1. The Morgan fingerprint density at radius 1 is 1.00 bits per heavy atom. The Labute approximate surface area is 178 Å². The number of hydrogen-bond donors (Lipinski definition) is 2. The molecule has 0 saturated carbocycles. The zero-order valence-corrected chi connectivity index (χ0v) is 16.9. The predicted molar refractivity (Wildman–Crippen MR) is 109 cm³/mol. The van der Waals surface area contributed by atoms with Gasteiger partial charge in [0.05, 0.1) is 5.56 Å². The lowest BCUT2D eigenvalue weighted by Gasteiger charge is -2.34. The highest BCUT2D eigenvalue weighted by atomic mass is 35.5. The van der Waals surface area contributed by atoms with Crippen molar-refractivity contribution in [2.75, 3.05) is 13.1 Å². The lowest BCUT2D eigenvalue weighted by molar-refractivity contribution is -0.137. The highest BCUT2D eigenvalue weighted by Crippen LogP contribution is 2.29. The summed E-state index contributed by atoms with van der Waals surface area (Å²) in [7, 11) is 0. The summed E-state index contributed by atoms with van der Waals surface area (Å²) in [6, 6.07) is 12.3. The number of alkyl halides is 3. The maximum Gasteiger partial charge on any atom is 0.416 e. The first kappa shape index (κ1) is 23.7. The zero-order valence-electron chi connectivity index (χ0n) is 16.1. The number of rotatable bonds is 4. The van der Waals surface area contributed by atoms with Gasteiger partial charge in [0.15, 0.2) is 0 Å². The van der Waals surface area contributed by atoms with Crippen molar-refractivity contribution >= 4 is 24.2 Å². The van der Waals surface area contributed by atoms with Crippen molar-refractivity contribution in [3.8, 4) is 0 Å². The van der Waals surface area contributed by atoms with Gasteiger partial charge in [0.1, 0.15) is 6.04 Å². The van der Waals surface area contributed by atoms with Gasteiger partial charge in [0, 0.05) is 24.7 Å². The molecule has 0 spiro atoms. The summed E-state index contributed by atoms with van der Waals surface area (Å²) in [4.78, 5) is 26.6. The molecule has 1 aliphatic heterocycles. The minimum Gasteiger partial charge on any atom is -0.349 e. The molecule has 1 aliphatic rings. The third-order valence-corrected chi connectivity index (χ3v) is 5.04. The first-order chi connectivity index (χ1) is 13.8. The molecule has 0 radical (unpaired) electrons. The minimum atomic E-state index is -4.44. The standard InChI is InChI=1S/C21H22F3N3O2.ClH/c22-21(23,24)16-8-6-15(7-9-16)19(28)26-17-10-12-27(13-11-17)20(29)18(25)14-4-2-1-3-5-14;/h1-9,17-18H,10-13,25H2,(H,26,28);1H. The molecule has 1 unspecified atom stereocenters. The van der Waals surface area contributed by atoms with Crippen molar-refractivity contribution in [3.05, 3.63) is 71.3 Å². The highest BCUT2D eigenvalue weighted by molar-refractivity contribution is 5.94. The Balaban J connectivity index is 0.00000320. The molecule has 0 aromatic heterocycles. The Kier molecular flexibility index (Phi) is 7.86. The fourth-order valence-corrected chi connectivity index (χ4v) is 3.32. The van der Waals surface area contributed by atoms with E-state index in [1.807, 2.05) is 18.2 Å². The first-order valence-corrected chi connectivity index (χ1v) is 9.33. The number of carbonyl (C=O) groups excluding carboxylic acids is 2. The third-order valence-electron chi connectivity index (χ3n) is 5.04. The van der Waals surface area contributed by atoms with E-state index >= 15 is 0 Å². The number of hydrogen-bond acceptors (Lipinski definition) is 3. The van der Waals surface area contributed by atoms with Crippen LogP contribution in [0.15, 0.2) is 54.6 Å². The molecule has 2 aromatic rings. The fourth-order valence-electron chi connectivity index (χ4n) is 3.32. The largest absolute Gasteiger partial charge is 0.416 e. The van der Waals surface area contributed by atoms with Gasteiger partial charge in [-0.15, -0.1) is 12.4 Å². The fraction of sp³-hybridized carbons (Fsp3) is 0.333. The second kappa shape index (κ2) is 9.95. The van der Waals surface area contributed by atoms with E-state index in [4.69, 9.17) is 5.73 Å². The van der Waals surface area contributed by atoms with Crippen LogP contribution in [0, 0.1) is 0 Å². The molecule has 162 valence electrons. The van der Waals surface area contributed by atoms with Crippen LogP contribution in [0.4, 0.5) is 13.2 Å². The average molecular weight is 442 g/mol. The molecule has 5 nitrogen and oxygen atoms in total. The number of halogens is 4. The van der Waals surface area contributed by atoms with E-state index in [1.54, 1.807) is 17.0 Å². The maximum absolute atomic E-state index is 12.6. The molecule has 30 heavy (non-hydrogen) atoms. The van der Waals surface area contributed by atoms with E-state index in [2.05, 4.69) is 5.32 Å². The average Bonchev–Trinajstić information content (AvgIpc) is 2.73. The molecule has 1 fully saturated rings. The van der Waals surface area contributed by atoms with Crippen molar-refractivity contribution < 1.29 is 22.8 Å². The van der Waals surface area contributed by atoms with Crippen LogP contribution in [0.3, 0.4) is 0 Å². The van der Waals surface area contributed by atoms with E-state index < -0.39 is 23.7 Å². The highest BCUT2D eigenvalue weighted by Gasteiger charge is 2.31. The summed E-state index contributed by atoms with van der Waals surface area (Å²) >= 11 is 0. The smallest absolute Gasteiger partial charge is 0.349 e. The molecule has 1 heterocycles. The van der Waals surface area contributed by atoms with Crippen molar-refractivity contribution in [2.24, 2.45) is 5.73 Å². The molecule has 0 bridgehead atoms. The van der Waals surface area contributed by atoms with E-state index in [9.17, 15) is 22.8 Å². The van der Waals surface area contributed by atoms with Crippen LogP contribution < -0.4 is 11.1 Å². The van der Waals surface area contributed by atoms with Gasteiger partial charge in [-0.25, -0.2) is 0 Å². The Bertz CT molecular complexity index is 852.